The number of hydrogen-bond acceptors (Lipinski definition) is 4. The number of aromatic nitrogens is 2. The first-order valence-electron chi connectivity index (χ1n) is 9.56. The van der Waals surface area contributed by atoms with Crippen LogP contribution in [0.3, 0.4) is 0 Å². The van der Waals surface area contributed by atoms with E-state index in [0.29, 0.717) is 16.5 Å². The maximum absolute atomic E-state index is 14.8. The molecule has 7 heteroatoms. The minimum Gasteiger partial charge on any atom is -0.237 e. The molecule has 3 aromatic heterocycles. The van der Waals surface area contributed by atoms with Gasteiger partial charge in [0, 0.05) is 28.9 Å². The predicted octanol–water partition coefficient (Wildman–Crippen LogP) is 6.12. The fraction of sp³-hybridized carbons (Fsp3) is 0.0417. The summed E-state index contributed by atoms with van der Waals surface area (Å²) in [5.41, 5.74) is 3.78. The van der Waals surface area contributed by atoms with E-state index in [1.807, 2.05) is 29.8 Å². The van der Waals surface area contributed by atoms with Gasteiger partial charge in [0.1, 0.15) is 5.82 Å². The molecule has 31 heavy (non-hydrogen) atoms. The Bertz CT molecular complexity index is 1500. The molecule has 0 saturated heterocycles. The van der Waals surface area contributed by atoms with Crippen LogP contribution in [0.5, 0.6) is 0 Å². The van der Waals surface area contributed by atoms with E-state index in [1.54, 1.807) is 48.7 Å². The van der Waals surface area contributed by atoms with Gasteiger partial charge in [-0.15, -0.1) is 0 Å². The topological polar surface area (TPSA) is 52.0 Å². The summed E-state index contributed by atoms with van der Waals surface area (Å²) in [7, 11) is -3.93. The van der Waals surface area contributed by atoms with E-state index in [-0.39, 0.29) is 10.5 Å². The summed E-state index contributed by atoms with van der Waals surface area (Å²) >= 11 is 1.54. The number of benzene rings is 2. The van der Waals surface area contributed by atoms with Crippen molar-refractivity contribution in [3.05, 3.63) is 95.2 Å². The van der Waals surface area contributed by atoms with Crippen LogP contribution in [0.2, 0.25) is 0 Å². The van der Waals surface area contributed by atoms with Crippen molar-refractivity contribution in [3.8, 4) is 22.3 Å². The van der Waals surface area contributed by atoms with Crippen LogP contribution >= 0.6 is 11.3 Å². The Hall–Kier alpha value is -3.29. The van der Waals surface area contributed by atoms with Crippen molar-refractivity contribution < 1.29 is 12.8 Å². The number of fused-ring (bicyclic) bond motifs is 1. The maximum atomic E-state index is 14.8. The molecule has 5 rings (SSSR count). The number of halogens is 1. The molecular formula is C24H17FN2O2S2. The SMILES string of the molecule is Cc1ccc(S(=O)(=O)n2cc(-c3ccccc3F)c3c(-c4ccsc4)ccnc32)cc1. The number of thiophene rings is 1. The highest BCUT2D eigenvalue weighted by Gasteiger charge is 2.25. The first-order chi connectivity index (χ1) is 15.0. The minimum atomic E-state index is -3.93. The van der Waals surface area contributed by atoms with Crippen LogP contribution in [0.4, 0.5) is 4.39 Å². The zero-order valence-corrected chi connectivity index (χ0v) is 18.1. The average Bonchev–Trinajstić information content (AvgIpc) is 3.43. The molecule has 0 aliphatic rings. The molecule has 4 nitrogen and oxygen atoms in total. The third-order valence-corrected chi connectivity index (χ3v) is 7.58. The van der Waals surface area contributed by atoms with Crippen LogP contribution in [-0.4, -0.2) is 17.4 Å². The second kappa shape index (κ2) is 7.44. The lowest BCUT2D eigenvalue weighted by atomic mass is 9.99. The molecule has 0 spiro atoms. The predicted molar refractivity (Wildman–Crippen MR) is 122 cm³/mol. The Balaban J connectivity index is 1.87. The molecule has 0 unspecified atom stereocenters. The smallest absolute Gasteiger partial charge is 0.237 e. The molecule has 0 aliphatic heterocycles. The van der Waals surface area contributed by atoms with Crippen LogP contribution in [0.25, 0.3) is 33.3 Å². The lowest BCUT2D eigenvalue weighted by Crippen LogP contribution is -2.12. The second-order valence-electron chi connectivity index (χ2n) is 7.21. The van der Waals surface area contributed by atoms with Crippen LogP contribution in [0.15, 0.2) is 88.7 Å². The van der Waals surface area contributed by atoms with Gasteiger partial charge in [-0.3, -0.25) is 0 Å². The maximum Gasteiger partial charge on any atom is 0.269 e. The number of hydrogen-bond donors (Lipinski definition) is 0. The van der Waals surface area contributed by atoms with E-state index in [1.165, 1.54) is 23.6 Å². The van der Waals surface area contributed by atoms with Crippen molar-refractivity contribution in [1.29, 1.82) is 0 Å². The molecule has 0 radical (unpaired) electrons. The lowest BCUT2D eigenvalue weighted by molar-refractivity contribution is 0.588. The van der Waals surface area contributed by atoms with E-state index < -0.39 is 15.8 Å². The molecule has 0 saturated carbocycles. The zero-order chi connectivity index (χ0) is 21.6. The van der Waals surface area contributed by atoms with Crippen molar-refractivity contribution in [2.45, 2.75) is 11.8 Å². The molecule has 0 bridgehead atoms. The van der Waals surface area contributed by atoms with Crippen LogP contribution in [0.1, 0.15) is 5.56 Å². The molecule has 0 N–H and O–H groups in total. The van der Waals surface area contributed by atoms with Gasteiger partial charge in [-0.1, -0.05) is 35.9 Å². The van der Waals surface area contributed by atoms with E-state index in [9.17, 15) is 12.8 Å². The fourth-order valence-corrected chi connectivity index (χ4v) is 5.65. The Labute approximate surface area is 183 Å². The largest absolute Gasteiger partial charge is 0.269 e. The minimum absolute atomic E-state index is 0.151. The van der Waals surface area contributed by atoms with Gasteiger partial charge in [-0.2, -0.15) is 11.3 Å². The first-order valence-corrected chi connectivity index (χ1v) is 11.9. The Morgan fingerprint density at radius 2 is 1.71 bits per heavy atom. The normalized spacial score (nSPS) is 11.8. The van der Waals surface area contributed by atoms with Crippen molar-refractivity contribution in [1.82, 2.24) is 8.96 Å². The van der Waals surface area contributed by atoms with Gasteiger partial charge in [0.2, 0.25) is 0 Å². The average molecular weight is 449 g/mol. The monoisotopic (exact) mass is 448 g/mol. The quantitative estimate of drug-likeness (QED) is 0.333. The molecule has 0 fully saturated rings. The molecule has 0 amide bonds. The van der Waals surface area contributed by atoms with Gasteiger partial charge in [0.25, 0.3) is 10.0 Å². The Kier molecular flexibility index (Phi) is 4.72. The molecule has 2 aromatic carbocycles. The number of pyridine rings is 1. The highest BCUT2D eigenvalue weighted by molar-refractivity contribution is 7.90. The van der Waals surface area contributed by atoms with Gasteiger partial charge in [0.15, 0.2) is 5.65 Å². The summed E-state index contributed by atoms with van der Waals surface area (Å²) < 4.78 is 43.0. The molecule has 0 aliphatic carbocycles. The first kappa shape index (κ1) is 19.7. The van der Waals surface area contributed by atoms with Crippen LogP contribution in [-0.2, 0) is 10.0 Å². The Morgan fingerprint density at radius 3 is 2.42 bits per heavy atom. The summed E-state index contributed by atoms with van der Waals surface area (Å²) in [5, 5.41) is 4.53. The molecule has 5 aromatic rings. The second-order valence-corrected chi connectivity index (χ2v) is 9.80. The van der Waals surface area contributed by atoms with Crippen LogP contribution < -0.4 is 0 Å². The van der Waals surface area contributed by atoms with Crippen LogP contribution in [0, 0.1) is 12.7 Å². The third-order valence-electron chi connectivity index (χ3n) is 5.23. The summed E-state index contributed by atoms with van der Waals surface area (Å²) in [6.07, 6.45) is 3.06. The van der Waals surface area contributed by atoms with E-state index in [0.717, 1.165) is 20.7 Å². The van der Waals surface area contributed by atoms with Gasteiger partial charge < -0.3 is 0 Å². The standard InChI is InChI=1S/C24H17FN2O2S2/c1-16-6-8-18(9-7-16)31(28,29)27-14-21(20-4-2-3-5-22(20)25)23-19(10-12-26-24(23)27)17-11-13-30-15-17/h2-15H,1H3. The number of nitrogens with zero attached hydrogens (tertiary/aromatic N) is 2. The van der Waals surface area contributed by atoms with E-state index in [2.05, 4.69) is 4.98 Å². The van der Waals surface area contributed by atoms with Crippen molar-refractivity contribution in [2.75, 3.05) is 0 Å². The number of aryl methyl sites for hydroxylation is 1. The summed E-state index contributed by atoms with van der Waals surface area (Å²) in [5.74, 6) is -0.422. The van der Waals surface area contributed by atoms with Crippen molar-refractivity contribution in [2.24, 2.45) is 0 Å². The van der Waals surface area contributed by atoms with E-state index in [4.69, 9.17) is 0 Å². The summed E-state index contributed by atoms with van der Waals surface area (Å²) in [6, 6.07) is 16.8. The van der Waals surface area contributed by atoms with Crippen molar-refractivity contribution in [3.63, 3.8) is 0 Å². The molecule has 0 atom stereocenters. The van der Waals surface area contributed by atoms with Crippen molar-refractivity contribution >= 4 is 32.4 Å². The molecule has 154 valence electrons. The van der Waals surface area contributed by atoms with Gasteiger partial charge in [-0.25, -0.2) is 21.8 Å². The van der Waals surface area contributed by atoms with Gasteiger partial charge in [-0.05, 0) is 59.1 Å². The van der Waals surface area contributed by atoms with Gasteiger partial charge in [0.05, 0.1) is 4.90 Å². The summed E-state index contributed by atoms with van der Waals surface area (Å²) in [6.45, 7) is 1.90. The summed E-state index contributed by atoms with van der Waals surface area (Å²) in [4.78, 5) is 4.55. The van der Waals surface area contributed by atoms with E-state index >= 15 is 0 Å². The van der Waals surface area contributed by atoms with Gasteiger partial charge >= 0.3 is 0 Å². The Morgan fingerprint density at radius 1 is 0.935 bits per heavy atom. The zero-order valence-electron chi connectivity index (χ0n) is 16.5. The fourth-order valence-electron chi connectivity index (χ4n) is 3.68. The molecular weight excluding hydrogens is 431 g/mol. The lowest BCUT2D eigenvalue weighted by Gasteiger charge is -2.08. The third kappa shape index (κ3) is 3.26. The highest BCUT2D eigenvalue weighted by Crippen LogP contribution is 2.39. The highest BCUT2D eigenvalue weighted by atomic mass is 32.2. The number of rotatable bonds is 4. The molecule has 3 heterocycles.